The fourth-order valence-corrected chi connectivity index (χ4v) is 4.40. The van der Waals surface area contributed by atoms with Crippen LogP contribution in [-0.2, 0) is 29.0 Å². The van der Waals surface area contributed by atoms with Gasteiger partial charge >= 0.3 is 0 Å². The Labute approximate surface area is 210 Å². The minimum atomic E-state index is -0.658. The minimum Gasteiger partial charge on any atom is -0.486 e. The van der Waals surface area contributed by atoms with E-state index in [9.17, 15) is 9.59 Å². The number of nitrogens with zero attached hydrogens (tertiary/aromatic N) is 1. The number of amides is 2. The number of fused-ring (bicyclic) bond motifs is 1. The van der Waals surface area contributed by atoms with Gasteiger partial charge in [0.2, 0.25) is 11.8 Å². The Morgan fingerprint density at radius 1 is 0.914 bits per heavy atom. The molecule has 0 unspecified atom stereocenters. The monoisotopic (exact) mass is 492 g/mol. The highest BCUT2D eigenvalue weighted by Gasteiger charge is 2.29. The average Bonchev–Trinajstić information content (AvgIpc) is 2.89. The molecule has 0 saturated heterocycles. The fraction of sp³-hybridized carbons (Fsp3) is 0.286. The highest BCUT2D eigenvalue weighted by Crippen LogP contribution is 2.31. The highest BCUT2D eigenvalue weighted by molar-refractivity contribution is 6.30. The number of hydrogen-bond donors (Lipinski definition) is 1. The van der Waals surface area contributed by atoms with Gasteiger partial charge in [-0.3, -0.25) is 9.59 Å². The van der Waals surface area contributed by atoms with E-state index in [4.69, 9.17) is 21.1 Å². The van der Waals surface area contributed by atoms with Crippen LogP contribution in [0.4, 0.5) is 0 Å². The zero-order valence-electron chi connectivity index (χ0n) is 19.7. The van der Waals surface area contributed by atoms with Crippen molar-refractivity contribution in [3.8, 4) is 11.5 Å². The van der Waals surface area contributed by atoms with Gasteiger partial charge in [-0.1, -0.05) is 60.1 Å². The molecule has 1 heterocycles. The van der Waals surface area contributed by atoms with Crippen LogP contribution in [0.5, 0.6) is 11.5 Å². The van der Waals surface area contributed by atoms with Crippen LogP contribution < -0.4 is 14.8 Å². The maximum atomic E-state index is 13.6. The molecule has 1 aliphatic rings. The van der Waals surface area contributed by atoms with Crippen LogP contribution >= 0.6 is 11.6 Å². The van der Waals surface area contributed by atoms with Gasteiger partial charge in [-0.05, 0) is 47.4 Å². The molecule has 3 aromatic rings. The molecule has 1 atom stereocenters. The molecular formula is C28H29ClN2O4. The van der Waals surface area contributed by atoms with Crippen molar-refractivity contribution >= 4 is 23.4 Å². The summed E-state index contributed by atoms with van der Waals surface area (Å²) in [6.07, 6.45) is 1.19. The molecule has 4 rings (SSSR count). The molecule has 6 nitrogen and oxygen atoms in total. The smallest absolute Gasteiger partial charge is 0.242 e. The van der Waals surface area contributed by atoms with Crippen LogP contribution in [0.1, 0.15) is 23.1 Å². The van der Waals surface area contributed by atoms with Crippen molar-refractivity contribution in [2.75, 3.05) is 20.3 Å². The Bertz CT molecular complexity index is 1170. The fourth-order valence-electron chi connectivity index (χ4n) is 4.19. The van der Waals surface area contributed by atoms with Crippen LogP contribution in [0.25, 0.3) is 0 Å². The number of hydrogen-bond acceptors (Lipinski definition) is 4. The predicted octanol–water partition coefficient (Wildman–Crippen LogP) is 4.43. The molecule has 2 amide bonds. The van der Waals surface area contributed by atoms with Crippen molar-refractivity contribution in [3.05, 3.63) is 94.5 Å². The normalized spacial score (nSPS) is 13.1. The van der Waals surface area contributed by atoms with Gasteiger partial charge in [0, 0.05) is 31.5 Å². The quantitative estimate of drug-likeness (QED) is 0.480. The maximum absolute atomic E-state index is 13.6. The number of benzene rings is 3. The lowest BCUT2D eigenvalue weighted by Gasteiger charge is -2.31. The van der Waals surface area contributed by atoms with E-state index in [1.54, 1.807) is 18.0 Å². The Balaban J connectivity index is 1.56. The standard InChI is InChI=1S/C28H29ClN2O4/c1-30-28(33)24(17-20-6-3-2-4-7-20)31(19-22-8-5-9-23(29)16-22)27(32)13-11-21-10-12-25-26(18-21)35-15-14-34-25/h2-10,12,16,18,24H,11,13-15,17,19H2,1H3,(H,30,33)/t24-/m1/s1. The molecule has 0 aliphatic carbocycles. The van der Waals surface area contributed by atoms with Crippen molar-refractivity contribution in [1.82, 2.24) is 10.2 Å². The minimum absolute atomic E-state index is 0.107. The maximum Gasteiger partial charge on any atom is 0.242 e. The lowest BCUT2D eigenvalue weighted by atomic mass is 10.0. The lowest BCUT2D eigenvalue weighted by Crippen LogP contribution is -2.49. The number of carbonyl (C=O) groups is 2. The molecule has 182 valence electrons. The number of rotatable bonds is 9. The van der Waals surface area contributed by atoms with Crippen molar-refractivity contribution in [2.45, 2.75) is 31.8 Å². The first-order valence-corrected chi connectivity index (χ1v) is 12.1. The van der Waals surface area contributed by atoms with Crippen LogP contribution in [0.2, 0.25) is 5.02 Å². The third kappa shape index (κ3) is 6.55. The van der Waals surface area contributed by atoms with E-state index in [1.807, 2.05) is 66.7 Å². The first kappa shape index (κ1) is 24.6. The van der Waals surface area contributed by atoms with E-state index in [2.05, 4.69) is 5.32 Å². The molecule has 7 heteroatoms. The number of aryl methyl sites for hydroxylation is 1. The van der Waals surface area contributed by atoms with Gasteiger partial charge < -0.3 is 19.7 Å². The Morgan fingerprint density at radius 2 is 1.66 bits per heavy atom. The number of halogens is 1. The van der Waals surface area contributed by atoms with Crippen LogP contribution in [0, 0.1) is 0 Å². The Kier molecular flexibility index (Phi) is 8.27. The van der Waals surface area contributed by atoms with Crippen molar-refractivity contribution < 1.29 is 19.1 Å². The zero-order chi connectivity index (χ0) is 24.6. The van der Waals surface area contributed by atoms with E-state index in [0.29, 0.717) is 36.8 Å². The van der Waals surface area contributed by atoms with E-state index < -0.39 is 6.04 Å². The average molecular weight is 493 g/mol. The molecular weight excluding hydrogens is 464 g/mol. The number of likely N-dealkylation sites (N-methyl/N-ethyl adjacent to an activating group) is 1. The van der Waals surface area contributed by atoms with Gasteiger partial charge in [0.15, 0.2) is 11.5 Å². The summed E-state index contributed by atoms with van der Waals surface area (Å²) in [7, 11) is 1.59. The summed E-state index contributed by atoms with van der Waals surface area (Å²) >= 11 is 6.20. The third-order valence-electron chi connectivity index (χ3n) is 5.99. The van der Waals surface area contributed by atoms with E-state index in [0.717, 1.165) is 22.4 Å². The molecule has 35 heavy (non-hydrogen) atoms. The molecule has 0 radical (unpaired) electrons. The predicted molar refractivity (Wildman–Crippen MR) is 136 cm³/mol. The first-order valence-electron chi connectivity index (χ1n) is 11.7. The van der Waals surface area contributed by atoms with E-state index in [-0.39, 0.29) is 24.8 Å². The second kappa shape index (κ2) is 11.8. The van der Waals surface area contributed by atoms with Gasteiger partial charge in [0.25, 0.3) is 0 Å². The summed E-state index contributed by atoms with van der Waals surface area (Å²) < 4.78 is 11.3. The summed E-state index contributed by atoms with van der Waals surface area (Å²) in [4.78, 5) is 28.3. The molecule has 1 aliphatic heterocycles. The van der Waals surface area contributed by atoms with Gasteiger partial charge in [-0.15, -0.1) is 0 Å². The molecule has 0 saturated carbocycles. The van der Waals surface area contributed by atoms with Crippen LogP contribution in [0.15, 0.2) is 72.8 Å². The molecule has 0 aromatic heterocycles. The van der Waals surface area contributed by atoms with Gasteiger partial charge in [-0.25, -0.2) is 0 Å². The Hall–Kier alpha value is -3.51. The molecule has 0 spiro atoms. The first-order chi connectivity index (χ1) is 17.0. The second-order valence-corrected chi connectivity index (χ2v) is 8.89. The lowest BCUT2D eigenvalue weighted by molar-refractivity contribution is -0.141. The van der Waals surface area contributed by atoms with E-state index in [1.165, 1.54) is 0 Å². The summed E-state index contributed by atoms with van der Waals surface area (Å²) in [5.74, 6) is 1.11. The number of ether oxygens (including phenoxy) is 2. The van der Waals surface area contributed by atoms with Gasteiger partial charge in [0.05, 0.1) is 0 Å². The summed E-state index contributed by atoms with van der Waals surface area (Å²) in [5.41, 5.74) is 2.83. The second-order valence-electron chi connectivity index (χ2n) is 8.45. The van der Waals surface area contributed by atoms with E-state index >= 15 is 0 Å². The number of nitrogens with one attached hydrogen (secondary N) is 1. The summed E-state index contributed by atoms with van der Waals surface area (Å²) in [6.45, 7) is 1.33. The summed E-state index contributed by atoms with van der Waals surface area (Å²) in [5, 5.41) is 3.33. The topological polar surface area (TPSA) is 67.9 Å². The zero-order valence-corrected chi connectivity index (χ0v) is 20.5. The molecule has 3 aromatic carbocycles. The van der Waals surface area contributed by atoms with Crippen LogP contribution in [0.3, 0.4) is 0 Å². The summed E-state index contributed by atoms with van der Waals surface area (Å²) in [6, 6.07) is 22.2. The van der Waals surface area contributed by atoms with Crippen LogP contribution in [-0.4, -0.2) is 43.0 Å². The SMILES string of the molecule is CNC(=O)[C@@H](Cc1ccccc1)N(Cc1cccc(Cl)c1)C(=O)CCc1ccc2c(c1)OCCO2. The Morgan fingerprint density at radius 3 is 2.40 bits per heavy atom. The van der Waals surface area contributed by atoms with Crippen molar-refractivity contribution in [2.24, 2.45) is 0 Å². The largest absolute Gasteiger partial charge is 0.486 e. The number of carbonyl (C=O) groups excluding carboxylic acids is 2. The molecule has 1 N–H and O–H groups in total. The van der Waals surface area contributed by atoms with Gasteiger partial charge in [-0.2, -0.15) is 0 Å². The highest BCUT2D eigenvalue weighted by atomic mass is 35.5. The van der Waals surface area contributed by atoms with Crippen molar-refractivity contribution in [3.63, 3.8) is 0 Å². The van der Waals surface area contributed by atoms with Gasteiger partial charge in [0.1, 0.15) is 19.3 Å². The third-order valence-corrected chi connectivity index (χ3v) is 6.23. The molecule has 0 fully saturated rings. The van der Waals surface area contributed by atoms with Crippen molar-refractivity contribution in [1.29, 1.82) is 0 Å². The molecule has 0 bridgehead atoms.